The number of allylic oxidation sites excluding steroid dienone is 2. The van der Waals surface area contributed by atoms with Crippen LogP contribution in [-0.2, 0) is 0 Å². The topological polar surface area (TPSA) is 3.24 Å². The molecule has 8 atom stereocenters. The minimum atomic E-state index is 0.921. The first-order chi connectivity index (χ1) is 26.3. The van der Waals surface area contributed by atoms with E-state index in [1.165, 1.54) is 77.0 Å². The third kappa shape index (κ3) is 7.36. The summed E-state index contributed by atoms with van der Waals surface area (Å²) in [5, 5.41) is 0. The Hall–Kier alpha value is -0.300. The summed E-state index contributed by atoms with van der Waals surface area (Å²) in [5.74, 6) is 13.8. The summed E-state index contributed by atoms with van der Waals surface area (Å²) in [4.78, 5) is 3.30. The lowest BCUT2D eigenvalue weighted by Crippen LogP contribution is -2.54. The summed E-state index contributed by atoms with van der Waals surface area (Å²) in [6.07, 6.45) is 56.0. The Bertz CT molecular complexity index is 1120. The average Bonchev–Trinajstić information content (AvgIpc) is 3.57. The Morgan fingerprint density at radius 2 is 0.679 bits per heavy atom. The molecule has 8 unspecified atom stereocenters. The lowest BCUT2D eigenvalue weighted by atomic mass is 9.45. The first kappa shape index (κ1) is 37.0. The number of likely N-dealkylation sites (tertiary alicyclic amines) is 1. The lowest BCUT2D eigenvalue weighted by Gasteiger charge is -2.60. The number of fused-ring (bicyclic) bond motifs is 5. The highest BCUT2D eigenvalue weighted by molar-refractivity contribution is 5.15. The van der Waals surface area contributed by atoms with Crippen LogP contribution >= 0.6 is 0 Å². The number of rotatable bonds is 6. The van der Waals surface area contributed by atoms with Crippen LogP contribution < -0.4 is 0 Å². The predicted octanol–water partition coefficient (Wildman–Crippen LogP) is 14.7. The zero-order valence-electron chi connectivity index (χ0n) is 34.8. The molecular weight excluding hydrogens is 639 g/mol. The molecule has 9 aliphatic carbocycles. The molecule has 0 spiro atoms. The van der Waals surface area contributed by atoms with Gasteiger partial charge in [-0.25, -0.2) is 0 Å². The number of nitrogens with zero attached hydrogens (tertiary/aromatic N) is 1. The van der Waals surface area contributed by atoms with Gasteiger partial charge < -0.3 is 0 Å². The molecule has 0 aromatic carbocycles. The van der Waals surface area contributed by atoms with Gasteiger partial charge in [-0.05, 0) is 205 Å². The second kappa shape index (κ2) is 16.9. The highest BCUT2D eigenvalue weighted by Crippen LogP contribution is 2.63. The van der Waals surface area contributed by atoms with Gasteiger partial charge >= 0.3 is 0 Å². The van der Waals surface area contributed by atoms with E-state index in [2.05, 4.69) is 11.0 Å². The predicted molar refractivity (Wildman–Crippen MR) is 224 cm³/mol. The Morgan fingerprint density at radius 3 is 1.11 bits per heavy atom. The van der Waals surface area contributed by atoms with E-state index >= 15 is 0 Å². The van der Waals surface area contributed by atoms with Crippen molar-refractivity contribution < 1.29 is 0 Å². The van der Waals surface area contributed by atoms with Crippen molar-refractivity contribution in [2.45, 2.75) is 236 Å². The summed E-state index contributed by atoms with van der Waals surface area (Å²) in [6.45, 7) is 0. The molecule has 10 fully saturated rings. The molecule has 1 heteroatoms. The van der Waals surface area contributed by atoms with Gasteiger partial charge in [0.05, 0.1) is 0 Å². The fourth-order valence-corrected chi connectivity index (χ4v) is 18.4. The van der Waals surface area contributed by atoms with Gasteiger partial charge in [0, 0.05) is 18.1 Å². The summed E-state index contributed by atoms with van der Waals surface area (Å²) < 4.78 is 0. The van der Waals surface area contributed by atoms with Crippen LogP contribution in [0.3, 0.4) is 0 Å². The maximum absolute atomic E-state index is 3.30. The second-order valence-corrected chi connectivity index (χ2v) is 22.4. The van der Waals surface area contributed by atoms with Crippen LogP contribution in [0.25, 0.3) is 0 Å². The molecule has 0 amide bonds. The van der Waals surface area contributed by atoms with E-state index in [0.29, 0.717) is 0 Å². The van der Waals surface area contributed by atoms with E-state index in [-0.39, 0.29) is 0 Å². The molecule has 0 bridgehead atoms. The highest BCUT2D eigenvalue weighted by atomic mass is 15.3. The zero-order valence-corrected chi connectivity index (χ0v) is 34.8. The molecule has 9 saturated carbocycles. The van der Waals surface area contributed by atoms with Crippen molar-refractivity contribution >= 4 is 0 Å². The van der Waals surface area contributed by atoms with Crippen molar-refractivity contribution in [1.29, 1.82) is 0 Å². The largest absolute Gasteiger partial charge is 0.294 e. The Morgan fingerprint density at radius 1 is 0.321 bits per heavy atom. The maximum Gasteiger partial charge on any atom is 0.0133 e. The van der Waals surface area contributed by atoms with Crippen molar-refractivity contribution in [2.75, 3.05) is 0 Å². The van der Waals surface area contributed by atoms with E-state index in [0.717, 1.165) is 95.1 Å². The van der Waals surface area contributed by atoms with E-state index in [1.54, 1.807) is 141 Å². The SMILES string of the molecule is C(=C(C1CCCCC1)C1CCCCC1)C1CCC(C2C3CCCCC3C(C3CCC(N4C5CCCCC5C5CCCCC54)CC3)C3CCCCC32)CC1. The summed E-state index contributed by atoms with van der Waals surface area (Å²) in [5.41, 5.74) is 2.02. The molecule has 0 N–H and O–H groups in total. The Kier molecular flexibility index (Phi) is 11.8. The van der Waals surface area contributed by atoms with E-state index in [1.807, 2.05) is 5.57 Å². The minimum absolute atomic E-state index is 0.921. The molecule has 0 radical (unpaired) electrons. The molecule has 10 rings (SSSR count). The first-order valence-corrected chi connectivity index (χ1v) is 25.8. The highest BCUT2D eigenvalue weighted by Gasteiger charge is 2.56. The lowest BCUT2D eigenvalue weighted by molar-refractivity contribution is -0.115. The molecule has 0 aromatic heterocycles. The molecule has 1 saturated heterocycles. The van der Waals surface area contributed by atoms with Gasteiger partial charge in [0.2, 0.25) is 0 Å². The van der Waals surface area contributed by atoms with Crippen LogP contribution in [-0.4, -0.2) is 23.0 Å². The number of hydrogen-bond donors (Lipinski definition) is 0. The van der Waals surface area contributed by atoms with E-state index in [4.69, 9.17) is 0 Å². The molecular formula is C52H85N. The van der Waals surface area contributed by atoms with E-state index < -0.39 is 0 Å². The monoisotopic (exact) mass is 724 g/mol. The van der Waals surface area contributed by atoms with Crippen LogP contribution in [0.1, 0.15) is 218 Å². The standard InChI is InChI=1S/C52H85N/c1-3-15-37(16-4-1)48(38-17-5-2-6-18-38)35-36-27-29-39(30-28-36)51-44-21-7-9-23-46(44)52(47-24-10-8-22-45(47)51)40-31-33-41(34-32-40)53-49-25-13-11-19-42(49)43-20-12-14-26-50(43)53/h35-47,49-52H,1-34H2. The fraction of sp³-hybridized carbons (Fsp3) is 0.962. The zero-order chi connectivity index (χ0) is 35.1. The smallest absolute Gasteiger partial charge is 0.0133 e. The maximum atomic E-state index is 3.30. The van der Waals surface area contributed by atoms with Crippen LogP contribution in [0, 0.1) is 76.9 Å². The Balaban J connectivity index is 0.829. The van der Waals surface area contributed by atoms with Gasteiger partial charge in [0.25, 0.3) is 0 Å². The molecule has 53 heavy (non-hydrogen) atoms. The first-order valence-electron chi connectivity index (χ1n) is 25.8. The quantitative estimate of drug-likeness (QED) is 0.247. The minimum Gasteiger partial charge on any atom is -0.294 e. The molecule has 1 nitrogen and oxygen atoms in total. The van der Waals surface area contributed by atoms with Crippen molar-refractivity contribution in [3.63, 3.8) is 0 Å². The average molecular weight is 724 g/mol. The third-order valence-corrected chi connectivity index (χ3v) is 20.3. The van der Waals surface area contributed by atoms with Crippen LogP contribution in [0.4, 0.5) is 0 Å². The van der Waals surface area contributed by atoms with Gasteiger partial charge in [-0.2, -0.15) is 0 Å². The molecule has 298 valence electrons. The summed E-state index contributed by atoms with van der Waals surface area (Å²) in [6, 6.07) is 2.92. The molecule has 0 aromatic rings. The van der Waals surface area contributed by atoms with Gasteiger partial charge in [-0.1, -0.05) is 102 Å². The van der Waals surface area contributed by atoms with Crippen LogP contribution in [0.15, 0.2) is 11.6 Å². The van der Waals surface area contributed by atoms with Gasteiger partial charge in [0.15, 0.2) is 0 Å². The Labute approximate surface area is 328 Å². The van der Waals surface area contributed by atoms with Crippen LogP contribution in [0.2, 0.25) is 0 Å². The van der Waals surface area contributed by atoms with E-state index in [9.17, 15) is 0 Å². The van der Waals surface area contributed by atoms with Gasteiger partial charge in [-0.15, -0.1) is 0 Å². The molecule has 1 heterocycles. The number of hydrogen-bond acceptors (Lipinski definition) is 1. The molecule has 1 aliphatic heterocycles. The van der Waals surface area contributed by atoms with Crippen molar-refractivity contribution in [3.8, 4) is 0 Å². The van der Waals surface area contributed by atoms with Gasteiger partial charge in [0.1, 0.15) is 0 Å². The summed E-state index contributed by atoms with van der Waals surface area (Å²) >= 11 is 0. The van der Waals surface area contributed by atoms with Crippen LogP contribution in [0.5, 0.6) is 0 Å². The summed E-state index contributed by atoms with van der Waals surface area (Å²) in [7, 11) is 0. The molecule has 10 aliphatic rings. The third-order valence-electron chi connectivity index (χ3n) is 20.3. The second-order valence-electron chi connectivity index (χ2n) is 22.4. The van der Waals surface area contributed by atoms with Crippen molar-refractivity contribution in [1.82, 2.24) is 4.90 Å². The fourth-order valence-electron chi connectivity index (χ4n) is 18.4. The van der Waals surface area contributed by atoms with Crippen molar-refractivity contribution in [2.24, 2.45) is 76.9 Å². The normalized spacial score (nSPS) is 47.5. The van der Waals surface area contributed by atoms with Crippen molar-refractivity contribution in [3.05, 3.63) is 11.6 Å². The van der Waals surface area contributed by atoms with Gasteiger partial charge in [-0.3, -0.25) is 4.90 Å².